The number of urea groups is 1. The molecule has 0 aliphatic carbocycles. The summed E-state index contributed by atoms with van der Waals surface area (Å²) in [5.41, 5.74) is 3.19. The molecule has 0 spiro atoms. The highest BCUT2D eigenvalue weighted by Gasteiger charge is 2.16. The van der Waals surface area contributed by atoms with Crippen molar-refractivity contribution in [2.45, 2.75) is 26.8 Å². The number of aryl methyl sites for hydroxylation is 2. The van der Waals surface area contributed by atoms with Crippen LogP contribution in [-0.2, 0) is 13.0 Å². The highest BCUT2D eigenvalue weighted by Crippen LogP contribution is 2.17. The standard InChI is InChI=1S/C20H22N2O2S/c1-15-7-8-17(13-16(15)2)21-20(23)22(14-18-5-3-11-24-18)10-9-19-6-4-12-25-19/h3-8,11-13H,9-10,14H2,1-2H3,(H,21,23). The molecule has 1 N–H and O–H groups in total. The van der Waals surface area contributed by atoms with Crippen LogP contribution in [0.15, 0.2) is 58.5 Å². The van der Waals surface area contributed by atoms with Gasteiger partial charge in [0.15, 0.2) is 0 Å². The van der Waals surface area contributed by atoms with Crippen molar-refractivity contribution in [3.8, 4) is 0 Å². The van der Waals surface area contributed by atoms with E-state index in [1.807, 2.05) is 43.3 Å². The van der Waals surface area contributed by atoms with E-state index in [9.17, 15) is 4.79 Å². The molecule has 3 aromatic rings. The SMILES string of the molecule is Cc1ccc(NC(=O)N(CCc2cccs2)Cc2ccco2)cc1C. The molecule has 0 saturated heterocycles. The summed E-state index contributed by atoms with van der Waals surface area (Å²) in [6, 6.07) is 13.7. The summed E-state index contributed by atoms with van der Waals surface area (Å²) < 4.78 is 5.42. The highest BCUT2D eigenvalue weighted by atomic mass is 32.1. The molecule has 0 atom stereocenters. The van der Waals surface area contributed by atoms with Crippen LogP contribution in [0.1, 0.15) is 21.8 Å². The number of nitrogens with zero attached hydrogens (tertiary/aromatic N) is 1. The summed E-state index contributed by atoms with van der Waals surface area (Å²) in [7, 11) is 0. The molecular formula is C20H22N2O2S. The Hall–Kier alpha value is -2.53. The third kappa shape index (κ3) is 4.73. The van der Waals surface area contributed by atoms with Gasteiger partial charge in [0.05, 0.1) is 12.8 Å². The Balaban J connectivity index is 1.69. The van der Waals surface area contributed by atoms with Crippen molar-refractivity contribution in [3.63, 3.8) is 0 Å². The lowest BCUT2D eigenvalue weighted by Gasteiger charge is -2.22. The molecule has 0 unspecified atom stereocenters. The van der Waals surface area contributed by atoms with Crippen LogP contribution in [0.25, 0.3) is 0 Å². The molecule has 3 rings (SSSR count). The molecular weight excluding hydrogens is 332 g/mol. The summed E-state index contributed by atoms with van der Waals surface area (Å²) >= 11 is 1.71. The Bertz CT molecular complexity index is 810. The van der Waals surface area contributed by atoms with Gasteiger partial charge in [-0.15, -0.1) is 11.3 Å². The molecule has 130 valence electrons. The minimum Gasteiger partial charge on any atom is -0.467 e. The summed E-state index contributed by atoms with van der Waals surface area (Å²) in [6.45, 7) is 5.19. The van der Waals surface area contributed by atoms with Crippen LogP contribution < -0.4 is 5.32 Å². The zero-order valence-corrected chi connectivity index (χ0v) is 15.3. The Morgan fingerprint density at radius 3 is 2.72 bits per heavy atom. The Kier molecular flexibility index (Phi) is 5.56. The maximum absolute atomic E-state index is 12.8. The normalized spacial score (nSPS) is 10.6. The Morgan fingerprint density at radius 2 is 2.04 bits per heavy atom. The van der Waals surface area contributed by atoms with Crippen molar-refractivity contribution < 1.29 is 9.21 Å². The molecule has 0 aliphatic rings. The van der Waals surface area contributed by atoms with E-state index in [1.165, 1.54) is 10.4 Å². The number of rotatable bonds is 6. The lowest BCUT2D eigenvalue weighted by Crippen LogP contribution is -2.35. The van der Waals surface area contributed by atoms with Crippen molar-refractivity contribution in [1.29, 1.82) is 0 Å². The van der Waals surface area contributed by atoms with Crippen LogP contribution in [0.2, 0.25) is 0 Å². The van der Waals surface area contributed by atoms with Gasteiger partial charge in [-0.2, -0.15) is 0 Å². The molecule has 0 aliphatic heterocycles. The minimum atomic E-state index is -0.115. The molecule has 25 heavy (non-hydrogen) atoms. The average Bonchev–Trinajstić information content (AvgIpc) is 3.28. The number of benzene rings is 1. The van der Waals surface area contributed by atoms with Crippen LogP contribution >= 0.6 is 11.3 Å². The van der Waals surface area contributed by atoms with Gasteiger partial charge in [0.25, 0.3) is 0 Å². The van der Waals surface area contributed by atoms with E-state index in [2.05, 4.69) is 23.7 Å². The van der Waals surface area contributed by atoms with E-state index in [4.69, 9.17) is 4.42 Å². The number of hydrogen-bond donors (Lipinski definition) is 1. The first-order valence-electron chi connectivity index (χ1n) is 8.30. The van der Waals surface area contributed by atoms with Crippen LogP contribution in [0.5, 0.6) is 0 Å². The largest absolute Gasteiger partial charge is 0.467 e. The quantitative estimate of drug-likeness (QED) is 0.658. The fourth-order valence-electron chi connectivity index (χ4n) is 2.56. The van der Waals surface area contributed by atoms with E-state index in [0.717, 1.165) is 23.4 Å². The smallest absolute Gasteiger partial charge is 0.322 e. The average molecular weight is 354 g/mol. The summed E-state index contributed by atoms with van der Waals surface area (Å²) in [6.07, 6.45) is 2.47. The Morgan fingerprint density at radius 1 is 1.16 bits per heavy atom. The summed E-state index contributed by atoms with van der Waals surface area (Å²) in [4.78, 5) is 15.8. The number of thiophene rings is 1. The van der Waals surface area contributed by atoms with Gasteiger partial charge in [0.2, 0.25) is 0 Å². The second-order valence-corrected chi connectivity index (χ2v) is 7.09. The lowest BCUT2D eigenvalue weighted by molar-refractivity contribution is 0.205. The second-order valence-electron chi connectivity index (χ2n) is 6.06. The number of amides is 2. The second kappa shape index (κ2) is 8.03. The molecule has 0 fully saturated rings. The highest BCUT2D eigenvalue weighted by molar-refractivity contribution is 7.09. The van der Waals surface area contributed by atoms with Crippen molar-refractivity contribution in [2.24, 2.45) is 0 Å². The van der Waals surface area contributed by atoms with Crippen molar-refractivity contribution in [1.82, 2.24) is 4.90 Å². The number of carbonyl (C=O) groups is 1. The van der Waals surface area contributed by atoms with Gasteiger partial charge < -0.3 is 14.6 Å². The molecule has 2 heterocycles. The van der Waals surface area contributed by atoms with Gasteiger partial charge in [-0.25, -0.2) is 4.79 Å². The van der Waals surface area contributed by atoms with Crippen molar-refractivity contribution in [2.75, 3.05) is 11.9 Å². The van der Waals surface area contributed by atoms with E-state index >= 15 is 0 Å². The van der Waals surface area contributed by atoms with Gasteiger partial charge in [-0.3, -0.25) is 0 Å². The fourth-order valence-corrected chi connectivity index (χ4v) is 3.26. The number of furan rings is 1. The van der Waals surface area contributed by atoms with Crippen LogP contribution in [0, 0.1) is 13.8 Å². The predicted molar refractivity (Wildman–Crippen MR) is 102 cm³/mol. The van der Waals surface area contributed by atoms with Crippen molar-refractivity contribution >= 4 is 23.1 Å². The van der Waals surface area contributed by atoms with Crippen LogP contribution in [0.3, 0.4) is 0 Å². The first-order chi connectivity index (χ1) is 12.1. The molecule has 1 aromatic carbocycles. The van der Waals surface area contributed by atoms with Gasteiger partial charge in [0, 0.05) is 17.1 Å². The number of nitrogens with one attached hydrogen (secondary N) is 1. The molecule has 2 amide bonds. The zero-order valence-electron chi connectivity index (χ0n) is 14.5. The number of carbonyl (C=O) groups excluding carboxylic acids is 1. The van der Waals surface area contributed by atoms with Crippen LogP contribution in [0.4, 0.5) is 10.5 Å². The number of hydrogen-bond acceptors (Lipinski definition) is 3. The summed E-state index contributed by atoms with van der Waals surface area (Å²) in [5.74, 6) is 0.779. The molecule has 0 saturated carbocycles. The van der Waals surface area contributed by atoms with Gasteiger partial charge in [-0.05, 0) is 67.1 Å². The maximum Gasteiger partial charge on any atom is 0.322 e. The third-order valence-electron chi connectivity index (χ3n) is 4.18. The third-order valence-corrected chi connectivity index (χ3v) is 5.12. The van der Waals surface area contributed by atoms with E-state index in [-0.39, 0.29) is 6.03 Å². The molecule has 5 heteroatoms. The van der Waals surface area contributed by atoms with E-state index in [1.54, 1.807) is 22.5 Å². The maximum atomic E-state index is 12.8. The number of anilines is 1. The first-order valence-corrected chi connectivity index (χ1v) is 9.18. The lowest BCUT2D eigenvalue weighted by atomic mass is 10.1. The molecule has 2 aromatic heterocycles. The van der Waals surface area contributed by atoms with Crippen molar-refractivity contribution in [3.05, 3.63) is 75.9 Å². The fraction of sp³-hybridized carbons (Fsp3) is 0.250. The molecule has 0 radical (unpaired) electrons. The Labute approximate surface area is 152 Å². The zero-order chi connectivity index (χ0) is 17.6. The van der Waals surface area contributed by atoms with Crippen LogP contribution in [-0.4, -0.2) is 17.5 Å². The first kappa shape index (κ1) is 17.3. The van der Waals surface area contributed by atoms with Gasteiger partial charge in [0.1, 0.15) is 5.76 Å². The topological polar surface area (TPSA) is 45.5 Å². The minimum absolute atomic E-state index is 0.115. The summed E-state index contributed by atoms with van der Waals surface area (Å²) in [5, 5.41) is 5.06. The van der Waals surface area contributed by atoms with Gasteiger partial charge >= 0.3 is 6.03 Å². The molecule has 4 nitrogen and oxygen atoms in total. The molecule has 0 bridgehead atoms. The van der Waals surface area contributed by atoms with E-state index < -0.39 is 0 Å². The van der Waals surface area contributed by atoms with E-state index in [0.29, 0.717) is 13.1 Å². The monoisotopic (exact) mass is 354 g/mol. The predicted octanol–water partition coefficient (Wildman–Crippen LogP) is 5.23. The van der Waals surface area contributed by atoms with Gasteiger partial charge in [-0.1, -0.05) is 12.1 Å².